The van der Waals surface area contributed by atoms with Gasteiger partial charge in [0.25, 0.3) is 5.91 Å². The first-order valence-corrected chi connectivity index (χ1v) is 15.0. The molecule has 0 saturated heterocycles. The number of nitriles is 1. The molecule has 1 unspecified atom stereocenters. The molecular weight excluding hydrogens is 603 g/mol. The Bertz CT molecular complexity index is 1170. The molecule has 2 N–H and O–H groups in total. The van der Waals surface area contributed by atoms with Gasteiger partial charge in [0.15, 0.2) is 0 Å². The lowest BCUT2D eigenvalue weighted by Gasteiger charge is -2.40. The van der Waals surface area contributed by atoms with Gasteiger partial charge in [-0.15, -0.1) is 0 Å². The summed E-state index contributed by atoms with van der Waals surface area (Å²) in [6.45, 7) is 3.82. The molecule has 33 heavy (non-hydrogen) atoms. The summed E-state index contributed by atoms with van der Waals surface area (Å²) in [6.07, 6.45) is 0.371. The maximum absolute atomic E-state index is 13.1. The summed E-state index contributed by atoms with van der Waals surface area (Å²) in [7, 11) is -9.81. The van der Waals surface area contributed by atoms with Crippen molar-refractivity contribution in [2.75, 3.05) is 18.5 Å². The number of ether oxygens (including phenoxy) is 1. The molecule has 0 aromatic heterocycles. The maximum atomic E-state index is 13.1. The van der Waals surface area contributed by atoms with Crippen LogP contribution in [0.5, 0.6) is 5.75 Å². The second-order valence-electron chi connectivity index (χ2n) is 6.93. The first-order chi connectivity index (χ1) is 15.2. The number of carbonyl (C=O) groups excluding carboxylic acids is 1. The van der Waals surface area contributed by atoms with Crippen LogP contribution in [0, 0.1) is 11.3 Å². The van der Waals surface area contributed by atoms with Crippen LogP contribution >= 0.6 is 38.7 Å². The standard InChI is InChI=1S/C19H16F5IN3O3PS/c1-11(19(29)28-31-32-25)10-27-17-8-15(18-14(6-7-30-18)16(17)9-26)12-2-4-13(5-3-12)33(20,21,22,23)24/h2-5,8,27,32H,1,6-7,10H2,(H,28,29). The average molecular weight is 619 g/mol. The number of fused-ring (bicyclic) bond motifs is 1. The van der Waals surface area contributed by atoms with Gasteiger partial charge in [-0.1, -0.05) is 38.1 Å². The zero-order valence-electron chi connectivity index (χ0n) is 16.6. The highest BCUT2D eigenvalue weighted by molar-refractivity contribution is 14.2. The molecule has 2 aromatic carbocycles. The number of hydrogen-bond acceptors (Lipinski definition) is 5. The molecule has 0 radical (unpaired) electrons. The minimum atomic E-state index is -9.81. The molecule has 3 rings (SSSR count). The number of halogens is 6. The molecule has 1 atom stereocenters. The predicted octanol–water partition coefficient (Wildman–Crippen LogP) is 6.78. The molecule has 0 saturated carbocycles. The molecule has 1 aliphatic rings. The van der Waals surface area contributed by atoms with E-state index in [1.165, 1.54) is 6.07 Å². The Balaban J connectivity index is 1.98. The zero-order valence-corrected chi connectivity index (χ0v) is 20.5. The van der Waals surface area contributed by atoms with E-state index in [1.807, 2.05) is 22.0 Å². The summed E-state index contributed by atoms with van der Waals surface area (Å²) in [5.41, 5.74) is 3.87. The molecule has 0 fully saturated rings. The van der Waals surface area contributed by atoms with E-state index in [-0.39, 0.29) is 36.3 Å². The van der Waals surface area contributed by atoms with E-state index >= 15 is 0 Å². The van der Waals surface area contributed by atoms with Crippen molar-refractivity contribution in [3.05, 3.63) is 53.6 Å². The van der Waals surface area contributed by atoms with Crippen LogP contribution < -0.4 is 15.5 Å². The third-order valence-corrected chi connectivity index (χ3v) is 6.70. The highest BCUT2D eigenvalue weighted by Crippen LogP contribution is 3.02. The van der Waals surface area contributed by atoms with Crippen molar-refractivity contribution in [2.45, 2.75) is 11.3 Å². The molecule has 0 spiro atoms. The Morgan fingerprint density at radius 3 is 2.52 bits per heavy atom. The predicted molar refractivity (Wildman–Crippen MR) is 126 cm³/mol. The van der Waals surface area contributed by atoms with Crippen LogP contribution in [0.15, 0.2) is 47.4 Å². The van der Waals surface area contributed by atoms with E-state index < -0.39 is 21.0 Å². The summed E-state index contributed by atoms with van der Waals surface area (Å²) < 4.78 is 75.7. The van der Waals surface area contributed by atoms with E-state index in [9.17, 15) is 29.5 Å². The molecule has 0 bridgehead atoms. The lowest BCUT2D eigenvalue weighted by atomic mass is 9.95. The van der Waals surface area contributed by atoms with Gasteiger partial charge in [-0.25, -0.2) is 10.1 Å². The first-order valence-electron chi connectivity index (χ1n) is 9.06. The second kappa shape index (κ2) is 8.57. The van der Waals surface area contributed by atoms with Crippen LogP contribution in [0.3, 0.4) is 0 Å². The van der Waals surface area contributed by atoms with Crippen LogP contribution in [0.2, 0.25) is 0 Å². The third-order valence-electron chi connectivity index (χ3n) is 4.70. The summed E-state index contributed by atoms with van der Waals surface area (Å²) in [5.74, 6) is -0.272. The summed E-state index contributed by atoms with van der Waals surface area (Å²) in [4.78, 5) is 9.91. The third kappa shape index (κ3) is 5.87. The Morgan fingerprint density at radius 2 is 1.94 bits per heavy atom. The van der Waals surface area contributed by atoms with E-state index in [2.05, 4.69) is 23.4 Å². The molecule has 178 valence electrons. The lowest BCUT2D eigenvalue weighted by Crippen LogP contribution is -2.25. The fourth-order valence-corrected chi connectivity index (χ4v) is 4.28. The van der Waals surface area contributed by atoms with Crippen molar-refractivity contribution in [1.29, 1.82) is 5.26 Å². The molecule has 14 heteroatoms. The fourth-order valence-electron chi connectivity index (χ4n) is 3.17. The molecule has 0 aliphatic carbocycles. The monoisotopic (exact) mass is 619 g/mol. The van der Waals surface area contributed by atoms with Crippen molar-refractivity contribution in [1.82, 2.24) is 5.48 Å². The molecule has 1 aliphatic heterocycles. The molecule has 2 aromatic rings. The highest BCUT2D eigenvalue weighted by atomic mass is 127. The Hall–Kier alpha value is -2.14. The summed E-state index contributed by atoms with van der Waals surface area (Å²) in [6, 6.07) is 6.02. The van der Waals surface area contributed by atoms with Crippen molar-refractivity contribution < 1.29 is 33.6 Å². The van der Waals surface area contributed by atoms with Gasteiger partial charge < -0.3 is 10.1 Å². The largest absolute Gasteiger partial charge is 0.492 e. The smallest absolute Gasteiger partial charge is 0.310 e. The number of benzene rings is 2. The van der Waals surface area contributed by atoms with Gasteiger partial charge in [0.05, 0.1) is 17.9 Å². The average Bonchev–Trinajstić information content (AvgIpc) is 3.23. The molecule has 1 heterocycles. The molecular formula is C19H16F5IN3O3PS. The molecule has 1 amide bonds. The van der Waals surface area contributed by atoms with Gasteiger partial charge in [-0.05, 0) is 45.8 Å². The second-order valence-corrected chi connectivity index (χ2v) is 11.0. The fraction of sp³-hybridized carbons (Fsp3) is 0.158. The van der Waals surface area contributed by atoms with E-state index in [1.54, 1.807) is 0 Å². The molecule has 6 nitrogen and oxygen atoms in total. The van der Waals surface area contributed by atoms with Crippen molar-refractivity contribution >= 4 is 50.3 Å². The van der Waals surface area contributed by atoms with Crippen molar-refractivity contribution in [2.24, 2.45) is 0 Å². The number of amides is 1. The van der Waals surface area contributed by atoms with Crippen LogP contribution in [0.1, 0.15) is 11.1 Å². The Morgan fingerprint density at radius 1 is 1.27 bits per heavy atom. The summed E-state index contributed by atoms with van der Waals surface area (Å²) >= 11 is 1.91. The SMILES string of the molecule is C=C(CNc1cc(-c2ccc(S(F)(F)(F)(F)F)cc2)c2c(c1C#N)CCO2)C(=O)NOPI. The normalized spacial score (nSPS) is 15.2. The number of rotatable bonds is 8. The maximum Gasteiger partial charge on any atom is 0.310 e. The van der Waals surface area contributed by atoms with Gasteiger partial charge in [0.1, 0.15) is 23.2 Å². The van der Waals surface area contributed by atoms with Crippen molar-refractivity contribution in [3.8, 4) is 22.9 Å². The van der Waals surface area contributed by atoms with Crippen LogP contribution in [-0.4, -0.2) is 19.1 Å². The zero-order chi connectivity index (χ0) is 24.5. The lowest BCUT2D eigenvalue weighted by molar-refractivity contribution is -0.123. The number of anilines is 1. The minimum absolute atomic E-state index is 0.00239. The Labute approximate surface area is 200 Å². The highest BCUT2D eigenvalue weighted by Gasteiger charge is 2.65. The van der Waals surface area contributed by atoms with Gasteiger partial charge in [-0.2, -0.15) is 5.26 Å². The van der Waals surface area contributed by atoms with Crippen LogP contribution in [0.25, 0.3) is 11.1 Å². The number of nitrogens with one attached hydrogen (secondary N) is 2. The van der Waals surface area contributed by atoms with Crippen molar-refractivity contribution in [3.63, 3.8) is 0 Å². The Kier molecular flexibility index (Phi) is 6.62. The van der Waals surface area contributed by atoms with E-state index in [0.29, 0.717) is 41.1 Å². The summed E-state index contributed by atoms with van der Waals surface area (Å²) in [5, 5.41) is 12.6. The van der Waals surface area contributed by atoms with Gasteiger partial charge in [-0.3, -0.25) is 4.79 Å². The van der Waals surface area contributed by atoms with E-state index in [0.717, 1.165) is 12.1 Å². The topological polar surface area (TPSA) is 83.4 Å². The quantitative estimate of drug-likeness (QED) is 0.112. The minimum Gasteiger partial charge on any atom is -0.492 e. The number of carbonyl (C=O) groups is 1. The van der Waals surface area contributed by atoms with Gasteiger partial charge in [0, 0.05) is 29.7 Å². The number of hydrogen-bond donors (Lipinski definition) is 2. The van der Waals surface area contributed by atoms with E-state index in [4.69, 9.17) is 9.36 Å². The van der Waals surface area contributed by atoms with Gasteiger partial charge in [0.2, 0.25) is 0 Å². The number of nitrogens with zero attached hydrogens (tertiary/aromatic N) is 1. The van der Waals surface area contributed by atoms with Crippen LogP contribution in [0.4, 0.5) is 25.1 Å². The number of hydroxylamine groups is 1. The first kappa shape index (κ1) is 25.5. The van der Waals surface area contributed by atoms with Gasteiger partial charge >= 0.3 is 10.2 Å². The van der Waals surface area contributed by atoms with Crippen LogP contribution in [-0.2, 0) is 15.8 Å².